The van der Waals surface area contributed by atoms with Crippen LogP contribution in [0.1, 0.15) is 17.0 Å². The number of carbonyl (C=O) groups is 1. The summed E-state index contributed by atoms with van der Waals surface area (Å²) in [5.74, 6) is 1.28. The van der Waals surface area contributed by atoms with E-state index < -0.39 is 5.97 Å². The zero-order chi connectivity index (χ0) is 18.5. The van der Waals surface area contributed by atoms with Crippen molar-refractivity contribution in [1.82, 2.24) is 10.1 Å². The van der Waals surface area contributed by atoms with Crippen molar-refractivity contribution in [2.45, 2.75) is 20.0 Å². The molecule has 1 N–H and O–H groups in total. The van der Waals surface area contributed by atoms with E-state index in [0.717, 1.165) is 16.9 Å². The molecular formula is C19H18N2O5. The summed E-state index contributed by atoms with van der Waals surface area (Å²) in [6.45, 7) is 2.08. The van der Waals surface area contributed by atoms with Gasteiger partial charge in [0.2, 0.25) is 5.82 Å². The molecule has 0 atom stereocenters. The van der Waals surface area contributed by atoms with Crippen LogP contribution in [0.3, 0.4) is 0 Å². The van der Waals surface area contributed by atoms with Crippen molar-refractivity contribution in [2.75, 3.05) is 7.11 Å². The zero-order valence-electron chi connectivity index (χ0n) is 14.4. The van der Waals surface area contributed by atoms with Gasteiger partial charge in [0, 0.05) is 5.56 Å². The lowest BCUT2D eigenvalue weighted by Gasteiger charge is -2.05. The molecule has 0 radical (unpaired) electrons. The van der Waals surface area contributed by atoms with Crippen LogP contribution in [0.2, 0.25) is 0 Å². The second-order valence-electron chi connectivity index (χ2n) is 5.70. The van der Waals surface area contributed by atoms with Gasteiger partial charge < -0.3 is 19.1 Å². The van der Waals surface area contributed by atoms with Gasteiger partial charge in [-0.15, -0.1) is 0 Å². The number of hydrogen-bond donors (Lipinski definition) is 1. The molecule has 0 aliphatic heterocycles. The molecule has 0 bridgehead atoms. The number of hydrogen-bond acceptors (Lipinski definition) is 6. The van der Waals surface area contributed by atoms with E-state index >= 15 is 0 Å². The van der Waals surface area contributed by atoms with Crippen LogP contribution in [0.5, 0.6) is 11.5 Å². The Morgan fingerprint density at radius 2 is 1.96 bits per heavy atom. The first-order valence-electron chi connectivity index (χ1n) is 7.96. The van der Waals surface area contributed by atoms with Gasteiger partial charge in [0.25, 0.3) is 5.89 Å². The number of aliphatic carboxylic acids is 1. The maximum Gasteiger partial charge on any atom is 0.307 e. The quantitative estimate of drug-likeness (QED) is 0.696. The summed E-state index contributed by atoms with van der Waals surface area (Å²) in [5, 5.41) is 12.7. The monoisotopic (exact) mass is 354 g/mol. The van der Waals surface area contributed by atoms with Crippen LogP contribution >= 0.6 is 0 Å². The van der Waals surface area contributed by atoms with Gasteiger partial charge in [-0.2, -0.15) is 4.98 Å². The molecule has 1 aromatic heterocycles. The molecule has 7 nitrogen and oxygen atoms in total. The Hall–Kier alpha value is -3.35. The molecule has 0 saturated heterocycles. The van der Waals surface area contributed by atoms with E-state index in [1.165, 1.54) is 0 Å². The highest BCUT2D eigenvalue weighted by Gasteiger charge is 2.11. The number of nitrogens with zero attached hydrogens (tertiary/aromatic N) is 2. The third-order valence-corrected chi connectivity index (χ3v) is 3.78. The molecule has 3 aromatic rings. The Morgan fingerprint density at radius 1 is 1.19 bits per heavy atom. The van der Waals surface area contributed by atoms with Gasteiger partial charge in [0.15, 0.2) is 6.61 Å². The topological polar surface area (TPSA) is 94.7 Å². The fourth-order valence-electron chi connectivity index (χ4n) is 2.41. The van der Waals surface area contributed by atoms with Crippen molar-refractivity contribution in [3.05, 3.63) is 59.5 Å². The normalized spacial score (nSPS) is 10.5. The van der Waals surface area contributed by atoms with Gasteiger partial charge in [-0.25, -0.2) is 0 Å². The van der Waals surface area contributed by atoms with Crippen molar-refractivity contribution in [3.63, 3.8) is 0 Å². The second-order valence-corrected chi connectivity index (χ2v) is 5.70. The summed E-state index contributed by atoms with van der Waals surface area (Å²) in [6.07, 6.45) is -0.0205. The predicted octanol–water partition coefficient (Wildman–Crippen LogP) is 3.26. The molecule has 1 heterocycles. The average molecular weight is 354 g/mol. The molecule has 7 heteroatoms. The fourth-order valence-corrected chi connectivity index (χ4v) is 2.41. The molecule has 3 rings (SSSR count). The lowest BCUT2D eigenvalue weighted by Crippen LogP contribution is -2.00. The minimum Gasteiger partial charge on any atom is -0.496 e. The molecule has 0 unspecified atom stereocenters. The standard InChI is InChI=1S/C19H18N2O5/c1-12-3-6-14(10-16(12)24-2)19-20-17(26-21-19)11-25-15-7-4-13(5-8-15)9-18(22)23/h3-8,10H,9,11H2,1-2H3,(H,22,23). The molecule has 0 amide bonds. The lowest BCUT2D eigenvalue weighted by atomic mass is 10.1. The Kier molecular flexibility index (Phi) is 5.17. The first-order valence-corrected chi connectivity index (χ1v) is 7.96. The Morgan fingerprint density at radius 3 is 2.65 bits per heavy atom. The summed E-state index contributed by atoms with van der Waals surface area (Å²) in [4.78, 5) is 15.0. The first-order chi connectivity index (χ1) is 12.5. The molecular weight excluding hydrogens is 336 g/mol. The largest absolute Gasteiger partial charge is 0.496 e. The van der Waals surface area contributed by atoms with Crippen molar-refractivity contribution >= 4 is 5.97 Å². The molecule has 26 heavy (non-hydrogen) atoms. The second kappa shape index (κ2) is 7.69. The number of ether oxygens (including phenoxy) is 2. The third kappa shape index (κ3) is 4.18. The number of carboxylic acids is 1. The van der Waals surface area contributed by atoms with Gasteiger partial charge in [0.05, 0.1) is 13.5 Å². The summed E-state index contributed by atoms with van der Waals surface area (Å²) < 4.78 is 16.1. The van der Waals surface area contributed by atoms with Crippen LogP contribution in [0.4, 0.5) is 0 Å². The highest BCUT2D eigenvalue weighted by Crippen LogP contribution is 2.25. The van der Waals surface area contributed by atoms with Crippen molar-refractivity contribution < 1.29 is 23.9 Å². The zero-order valence-corrected chi connectivity index (χ0v) is 14.4. The molecule has 134 valence electrons. The number of rotatable bonds is 7. The molecule has 0 saturated carbocycles. The van der Waals surface area contributed by atoms with Gasteiger partial charge in [-0.05, 0) is 36.2 Å². The minimum atomic E-state index is -0.871. The van der Waals surface area contributed by atoms with Gasteiger partial charge in [-0.3, -0.25) is 4.79 Å². The molecule has 0 spiro atoms. The highest BCUT2D eigenvalue weighted by atomic mass is 16.5. The summed E-state index contributed by atoms with van der Waals surface area (Å²) in [5.41, 5.74) is 2.52. The van der Waals surface area contributed by atoms with E-state index in [4.69, 9.17) is 19.1 Å². The fraction of sp³-hybridized carbons (Fsp3) is 0.211. The maximum atomic E-state index is 10.7. The summed E-state index contributed by atoms with van der Waals surface area (Å²) in [6, 6.07) is 12.5. The van der Waals surface area contributed by atoms with Crippen molar-refractivity contribution in [1.29, 1.82) is 0 Å². The number of aromatic nitrogens is 2. The van der Waals surface area contributed by atoms with Crippen LogP contribution in [-0.2, 0) is 17.8 Å². The lowest BCUT2D eigenvalue weighted by molar-refractivity contribution is -0.136. The minimum absolute atomic E-state index is 0.0205. The average Bonchev–Trinajstić information content (AvgIpc) is 3.10. The smallest absolute Gasteiger partial charge is 0.307 e. The summed E-state index contributed by atoms with van der Waals surface area (Å²) in [7, 11) is 1.61. The molecule has 0 aliphatic rings. The first kappa shape index (κ1) is 17.5. The molecule has 0 fully saturated rings. The Labute approximate surface area is 150 Å². The van der Waals surface area contributed by atoms with Gasteiger partial charge >= 0.3 is 5.97 Å². The SMILES string of the molecule is COc1cc(-c2noc(COc3ccc(CC(=O)O)cc3)n2)ccc1C. The number of carboxylic acid groups (broad SMARTS) is 1. The van der Waals surface area contributed by atoms with E-state index in [2.05, 4.69) is 10.1 Å². The third-order valence-electron chi connectivity index (χ3n) is 3.78. The Bertz CT molecular complexity index is 903. The number of methoxy groups -OCH3 is 1. The van der Waals surface area contributed by atoms with E-state index in [1.54, 1.807) is 31.4 Å². The van der Waals surface area contributed by atoms with E-state index in [0.29, 0.717) is 23.0 Å². The van der Waals surface area contributed by atoms with Crippen molar-refractivity contribution in [2.24, 2.45) is 0 Å². The van der Waals surface area contributed by atoms with E-state index in [9.17, 15) is 4.79 Å². The van der Waals surface area contributed by atoms with E-state index in [-0.39, 0.29) is 13.0 Å². The molecule has 2 aromatic carbocycles. The summed E-state index contributed by atoms with van der Waals surface area (Å²) >= 11 is 0. The highest BCUT2D eigenvalue weighted by molar-refractivity contribution is 5.70. The number of benzene rings is 2. The van der Waals surface area contributed by atoms with Crippen molar-refractivity contribution in [3.8, 4) is 22.9 Å². The van der Waals surface area contributed by atoms with Crippen LogP contribution < -0.4 is 9.47 Å². The van der Waals surface area contributed by atoms with E-state index in [1.807, 2.05) is 25.1 Å². The van der Waals surface area contributed by atoms with Gasteiger partial charge in [-0.1, -0.05) is 29.4 Å². The molecule has 0 aliphatic carbocycles. The van der Waals surface area contributed by atoms with Crippen LogP contribution in [0, 0.1) is 6.92 Å². The van der Waals surface area contributed by atoms with Gasteiger partial charge in [0.1, 0.15) is 11.5 Å². The Balaban J connectivity index is 1.64. The number of aryl methyl sites for hydroxylation is 1. The predicted molar refractivity (Wildman–Crippen MR) is 93.1 cm³/mol. The van der Waals surface area contributed by atoms with Crippen LogP contribution in [0.15, 0.2) is 47.0 Å². The maximum absolute atomic E-state index is 10.7. The van der Waals surface area contributed by atoms with Crippen LogP contribution in [-0.4, -0.2) is 28.3 Å². The van der Waals surface area contributed by atoms with Crippen LogP contribution in [0.25, 0.3) is 11.4 Å².